The number of esters is 1. The highest BCUT2D eigenvalue weighted by Crippen LogP contribution is 2.21. The summed E-state index contributed by atoms with van der Waals surface area (Å²) < 4.78 is 6.53. The third-order valence-electron chi connectivity index (χ3n) is 2.23. The summed E-state index contributed by atoms with van der Waals surface area (Å²) >= 11 is 5.89. The van der Waals surface area contributed by atoms with Crippen molar-refractivity contribution < 1.29 is 9.53 Å². The molecule has 0 fully saturated rings. The molecule has 0 aromatic carbocycles. The molecule has 84 valence electrons. The minimum atomic E-state index is -0.416. The summed E-state index contributed by atoms with van der Waals surface area (Å²) in [6.07, 6.45) is 2.35. The van der Waals surface area contributed by atoms with E-state index in [2.05, 4.69) is 5.10 Å². The zero-order chi connectivity index (χ0) is 11.4. The van der Waals surface area contributed by atoms with Crippen LogP contribution in [0.1, 0.15) is 43.7 Å². The average molecular weight is 231 g/mol. The van der Waals surface area contributed by atoms with Crippen LogP contribution in [0.25, 0.3) is 0 Å². The second-order valence-electron chi connectivity index (χ2n) is 3.26. The molecule has 1 heterocycles. The Morgan fingerprint density at radius 1 is 1.67 bits per heavy atom. The van der Waals surface area contributed by atoms with Crippen molar-refractivity contribution in [3.8, 4) is 0 Å². The predicted molar refractivity (Wildman–Crippen MR) is 58.2 cm³/mol. The largest absolute Gasteiger partial charge is 0.461 e. The topological polar surface area (TPSA) is 44.1 Å². The second-order valence-corrected chi connectivity index (χ2v) is 3.67. The van der Waals surface area contributed by atoms with Gasteiger partial charge in [-0.05, 0) is 20.3 Å². The van der Waals surface area contributed by atoms with Crippen LogP contribution in [0, 0.1) is 0 Å². The Hall–Kier alpha value is -1.03. The lowest BCUT2D eigenvalue weighted by Gasteiger charge is -2.12. The number of halogens is 1. The molecule has 0 bridgehead atoms. The number of carbonyl (C=O) groups excluding carboxylic acids is 1. The number of nitrogens with zero attached hydrogens (tertiary/aromatic N) is 2. The van der Waals surface area contributed by atoms with Gasteiger partial charge in [0.25, 0.3) is 0 Å². The third kappa shape index (κ3) is 2.50. The fourth-order valence-corrected chi connectivity index (χ4v) is 1.45. The van der Waals surface area contributed by atoms with E-state index in [0.29, 0.717) is 17.3 Å². The van der Waals surface area contributed by atoms with Gasteiger partial charge in [-0.25, -0.2) is 4.79 Å². The molecular weight excluding hydrogens is 216 g/mol. The molecule has 0 saturated carbocycles. The smallest absolute Gasteiger partial charge is 0.358 e. The van der Waals surface area contributed by atoms with Gasteiger partial charge in [-0.1, -0.05) is 18.5 Å². The van der Waals surface area contributed by atoms with Crippen LogP contribution in [-0.4, -0.2) is 22.4 Å². The molecular formula is C10H15ClN2O2. The van der Waals surface area contributed by atoms with Crippen molar-refractivity contribution in [2.75, 3.05) is 6.61 Å². The molecule has 0 N–H and O–H groups in total. The molecule has 0 saturated heterocycles. The molecule has 0 aliphatic heterocycles. The first-order chi connectivity index (χ1) is 7.11. The van der Waals surface area contributed by atoms with Crippen molar-refractivity contribution >= 4 is 17.6 Å². The van der Waals surface area contributed by atoms with Gasteiger partial charge in [-0.3, -0.25) is 4.68 Å². The quantitative estimate of drug-likeness (QED) is 0.747. The lowest BCUT2D eigenvalue weighted by molar-refractivity contribution is 0.0509. The first-order valence-electron chi connectivity index (χ1n) is 5.01. The molecule has 1 unspecified atom stereocenters. The van der Waals surface area contributed by atoms with Gasteiger partial charge in [-0.15, -0.1) is 0 Å². The standard InChI is InChI=1S/C10H15ClN2O2/c1-4-7(3)13-9(8(11)6-12-13)10(14)15-5-2/h6-7H,4-5H2,1-3H3. The minimum Gasteiger partial charge on any atom is -0.461 e. The highest BCUT2D eigenvalue weighted by atomic mass is 35.5. The van der Waals surface area contributed by atoms with Crippen molar-refractivity contribution in [1.29, 1.82) is 0 Å². The predicted octanol–water partition coefficient (Wildman–Crippen LogP) is 2.68. The minimum absolute atomic E-state index is 0.136. The molecule has 5 heteroatoms. The number of carbonyl (C=O) groups is 1. The van der Waals surface area contributed by atoms with Crippen molar-refractivity contribution in [3.63, 3.8) is 0 Å². The summed E-state index contributed by atoms with van der Waals surface area (Å²) in [5.41, 5.74) is 0.341. The van der Waals surface area contributed by atoms with Crippen LogP contribution in [0.4, 0.5) is 0 Å². The van der Waals surface area contributed by atoms with Crippen molar-refractivity contribution in [2.45, 2.75) is 33.2 Å². The van der Waals surface area contributed by atoms with Crippen molar-refractivity contribution in [2.24, 2.45) is 0 Å². The van der Waals surface area contributed by atoms with Crippen molar-refractivity contribution in [1.82, 2.24) is 9.78 Å². The number of hydrogen-bond donors (Lipinski definition) is 0. The van der Waals surface area contributed by atoms with E-state index in [1.807, 2.05) is 13.8 Å². The van der Waals surface area contributed by atoms with E-state index in [-0.39, 0.29) is 6.04 Å². The Kier molecular flexibility index (Phi) is 4.15. The molecule has 0 spiro atoms. The first-order valence-corrected chi connectivity index (χ1v) is 5.39. The maximum Gasteiger partial charge on any atom is 0.358 e. The van der Waals surface area contributed by atoms with E-state index in [0.717, 1.165) is 6.42 Å². The Bertz CT molecular complexity index is 349. The molecule has 1 aromatic heterocycles. The van der Waals surface area contributed by atoms with E-state index in [4.69, 9.17) is 16.3 Å². The highest BCUT2D eigenvalue weighted by Gasteiger charge is 2.20. The Balaban J connectivity index is 3.03. The summed E-state index contributed by atoms with van der Waals surface area (Å²) in [5.74, 6) is -0.416. The van der Waals surface area contributed by atoms with Crippen molar-refractivity contribution in [3.05, 3.63) is 16.9 Å². The Morgan fingerprint density at radius 3 is 2.87 bits per heavy atom. The van der Waals surface area contributed by atoms with Gasteiger partial charge in [0.2, 0.25) is 0 Å². The highest BCUT2D eigenvalue weighted by molar-refractivity contribution is 6.33. The van der Waals surface area contributed by atoms with Crippen LogP contribution in [0.15, 0.2) is 6.20 Å². The summed E-state index contributed by atoms with van der Waals surface area (Å²) in [7, 11) is 0. The summed E-state index contributed by atoms with van der Waals surface area (Å²) in [6.45, 7) is 6.10. The Morgan fingerprint density at radius 2 is 2.33 bits per heavy atom. The molecule has 0 aliphatic carbocycles. The molecule has 0 radical (unpaired) electrons. The van der Waals surface area contributed by atoms with Crippen LogP contribution in [-0.2, 0) is 4.74 Å². The van der Waals surface area contributed by atoms with Gasteiger partial charge in [-0.2, -0.15) is 5.10 Å². The van der Waals surface area contributed by atoms with Crippen LogP contribution >= 0.6 is 11.6 Å². The second kappa shape index (κ2) is 5.16. The number of aromatic nitrogens is 2. The molecule has 15 heavy (non-hydrogen) atoms. The Labute approximate surface area is 94.2 Å². The van der Waals surface area contributed by atoms with E-state index >= 15 is 0 Å². The fraction of sp³-hybridized carbons (Fsp3) is 0.600. The van der Waals surface area contributed by atoms with Crippen LogP contribution in [0.3, 0.4) is 0 Å². The zero-order valence-electron chi connectivity index (χ0n) is 9.16. The van der Waals surface area contributed by atoms with Crippen LogP contribution in [0.5, 0.6) is 0 Å². The van der Waals surface area contributed by atoms with E-state index in [1.165, 1.54) is 6.20 Å². The molecule has 4 nitrogen and oxygen atoms in total. The van der Waals surface area contributed by atoms with Gasteiger partial charge in [0.05, 0.1) is 17.8 Å². The number of ether oxygens (including phenoxy) is 1. The van der Waals surface area contributed by atoms with E-state index in [9.17, 15) is 4.79 Å². The SMILES string of the molecule is CCOC(=O)c1c(Cl)cnn1C(C)CC. The normalized spacial score (nSPS) is 12.5. The number of hydrogen-bond acceptors (Lipinski definition) is 3. The van der Waals surface area contributed by atoms with Crippen LogP contribution in [0.2, 0.25) is 5.02 Å². The lowest BCUT2D eigenvalue weighted by Crippen LogP contribution is -2.16. The molecule has 1 atom stereocenters. The first kappa shape index (κ1) is 12.0. The molecule has 1 rings (SSSR count). The molecule has 0 amide bonds. The third-order valence-corrected chi connectivity index (χ3v) is 2.50. The zero-order valence-corrected chi connectivity index (χ0v) is 9.91. The van der Waals surface area contributed by atoms with E-state index in [1.54, 1.807) is 11.6 Å². The monoisotopic (exact) mass is 230 g/mol. The summed E-state index contributed by atoms with van der Waals surface area (Å²) in [4.78, 5) is 11.6. The molecule has 1 aromatic rings. The molecule has 0 aliphatic rings. The maximum absolute atomic E-state index is 11.6. The number of rotatable bonds is 4. The van der Waals surface area contributed by atoms with Gasteiger partial charge in [0.15, 0.2) is 5.69 Å². The maximum atomic E-state index is 11.6. The summed E-state index contributed by atoms with van der Waals surface area (Å²) in [6, 6.07) is 0.136. The van der Waals surface area contributed by atoms with Gasteiger partial charge in [0, 0.05) is 6.04 Å². The van der Waals surface area contributed by atoms with Gasteiger partial charge >= 0.3 is 5.97 Å². The van der Waals surface area contributed by atoms with Gasteiger partial charge in [0.1, 0.15) is 0 Å². The fourth-order valence-electron chi connectivity index (χ4n) is 1.24. The lowest BCUT2D eigenvalue weighted by atomic mass is 10.2. The van der Waals surface area contributed by atoms with E-state index < -0.39 is 5.97 Å². The van der Waals surface area contributed by atoms with Crippen LogP contribution < -0.4 is 0 Å². The van der Waals surface area contributed by atoms with Gasteiger partial charge < -0.3 is 4.74 Å². The average Bonchev–Trinajstić information content (AvgIpc) is 2.59. The summed E-state index contributed by atoms with van der Waals surface area (Å²) in [5, 5.41) is 4.42.